The summed E-state index contributed by atoms with van der Waals surface area (Å²) in [5, 5.41) is 3.33. The van der Waals surface area contributed by atoms with E-state index in [1.165, 1.54) is 24.3 Å². The third-order valence-corrected chi connectivity index (χ3v) is 3.60. The Hall–Kier alpha value is -1.49. The van der Waals surface area contributed by atoms with Gasteiger partial charge in [-0.25, -0.2) is 4.39 Å². The lowest BCUT2D eigenvalue weighted by Gasteiger charge is -2.15. The molecular weight excluding hydrogens is 352 g/mol. The van der Waals surface area contributed by atoms with Crippen LogP contribution in [0, 0.1) is 5.82 Å². The number of benzene rings is 2. The summed E-state index contributed by atoms with van der Waals surface area (Å²) in [5.74, 6) is -0.681. The van der Waals surface area contributed by atoms with Crippen molar-refractivity contribution in [3.8, 4) is 5.75 Å². The molecule has 2 aromatic rings. The van der Waals surface area contributed by atoms with Gasteiger partial charge in [-0.1, -0.05) is 34.8 Å². The number of hydrogen-bond acceptors (Lipinski definition) is 2. The number of carbonyl (C=O) groups excluding carboxylic acids is 1. The molecule has 0 aliphatic rings. The van der Waals surface area contributed by atoms with Crippen LogP contribution in [-0.2, 0) is 4.79 Å². The zero-order valence-corrected chi connectivity index (χ0v) is 13.6. The van der Waals surface area contributed by atoms with E-state index in [0.717, 1.165) is 0 Å². The molecule has 1 unspecified atom stereocenters. The quantitative estimate of drug-likeness (QED) is 0.812. The highest BCUT2D eigenvalue weighted by molar-refractivity contribution is 6.36. The first kappa shape index (κ1) is 16.9. The molecule has 7 heteroatoms. The summed E-state index contributed by atoms with van der Waals surface area (Å²) in [6.07, 6.45) is -0.826. The summed E-state index contributed by atoms with van der Waals surface area (Å²) in [6.45, 7) is 1.55. The number of hydrogen-bond donors (Lipinski definition) is 1. The predicted molar refractivity (Wildman–Crippen MR) is 86.6 cm³/mol. The molecule has 1 amide bonds. The van der Waals surface area contributed by atoms with E-state index < -0.39 is 17.8 Å². The molecular formula is C15H11Cl3FNO2. The fourth-order valence-electron chi connectivity index (χ4n) is 1.63. The van der Waals surface area contributed by atoms with Gasteiger partial charge in [-0.3, -0.25) is 4.79 Å². The minimum absolute atomic E-state index is 0.0779. The molecule has 22 heavy (non-hydrogen) atoms. The van der Waals surface area contributed by atoms with Crippen LogP contribution in [0.25, 0.3) is 0 Å². The fraction of sp³-hybridized carbons (Fsp3) is 0.133. The van der Waals surface area contributed by atoms with Crippen LogP contribution < -0.4 is 10.1 Å². The maximum atomic E-state index is 13.1. The number of amides is 1. The van der Waals surface area contributed by atoms with Crippen molar-refractivity contribution in [2.45, 2.75) is 13.0 Å². The van der Waals surface area contributed by atoms with Crippen LogP contribution in [0.5, 0.6) is 5.75 Å². The molecule has 0 saturated carbocycles. The Morgan fingerprint density at radius 1 is 1.14 bits per heavy atom. The minimum atomic E-state index is -0.826. The number of anilines is 1. The van der Waals surface area contributed by atoms with Gasteiger partial charge in [0, 0.05) is 11.1 Å². The molecule has 0 aliphatic carbocycles. The maximum absolute atomic E-state index is 13.1. The molecule has 0 spiro atoms. The Morgan fingerprint density at radius 2 is 1.86 bits per heavy atom. The number of ether oxygens (including phenoxy) is 1. The number of nitrogens with one attached hydrogen (secondary N) is 1. The standard InChI is InChI=1S/C15H11Cl3FNO2/c1-8(22-10-3-4-13(19)11(17)7-10)15(21)20-14-5-2-9(16)6-12(14)18/h2-8H,1H3,(H,20,21). The molecule has 0 aromatic heterocycles. The highest BCUT2D eigenvalue weighted by Gasteiger charge is 2.16. The minimum Gasteiger partial charge on any atom is -0.481 e. The molecule has 1 atom stereocenters. The van der Waals surface area contributed by atoms with Gasteiger partial charge in [-0.2, -0.15) is 0 Å². The summed E-state index contributed by atoms with van der Waals surface area (Å²) in [6, 6.07) is 8.57. The molecule has 0 bridgehead atoms. The van der Waals surface area contributed by atoms with Crippen LogP contribution in [0.15, 0.2) is 36.4 Å². The molecule has 0 aliphatic heterocycles. The Balaban J connectivity index is 2.04. The normalized spacial score (nSPS) is 11.9. The zero-order chi connectivity index (χ0) is 16.3. The SMILES string of the molecule is CC(Oc1ccc(F)c(Cl)c1)C(=O)Nc1ccc(Cl)cc1Cl. The van der Waals surface area contributed by atoms with Crippen molar-refractivity contribution >= 4 is 46.4 Å². The van der Waals surface area contributed by atoms with E-state index in [2.05, 4.69) is 5.32 Å². The summed E-state index contributed by atoms with van der Waals surface area (Å²) >= 11 is 17.4. The van der Waals surface area contributed by atoms with Crippen molar-refractivity contribution in [1.82, 2.24) is 0 Å². The summed E-state index contributed by atoms with van der Waals surface area (Å²) < 4.78 is 18.5. The third kappa shape index (κ3) is 4.26. The molecule has 2 aromatic carbocycles. The lowest BCUT2D eigenvalue weighted by atomic mass is 10.3. The van der Waals surface area contributed by atoms with E-state index in [1.807, 2.05) is 0 Å². The Bertz CT molecular complexity index is 709. The second-order valence-electron chi connectivity index (χ2n) is 4.45. The van der Waals surface area contributed by atoms with Crippen molar-refractivity contribution in [3.05, 3.63) is 57.3 Å². The highest BCUT2D eigenvalue weighted by Crippen LogP contribution is 2.26. The summed E-state index contributed by atoms with van der Waals surface area (Å²) in [5.41, 5.74) is 0.420. The molecule has 0 heterocycles. The first-order valence-electron chi connectivity index (χ1n) is 6.24. The second kappa shape index (κ2) is 7.18. The average molecular weight is 363 g/mol. The Kier molecular flexibility index (Phi) is 5.51. The number of carbonyl (C=O) groups is 1. The molecule has 0 radical (unpaired) electrons. The maximum Gasteiger partial charge on any atom is 0.265 e. The van der Waals surface area contributed by atoms with E-state index in [0.29, 0.717) is 15.7 Å². The predicted octanol–water partition coefficient (Wildman–Crippen LogP) is 5.19. The second-order valence-corrected chi connectivity index (χ2v) is 5.70. The van der Waals surface area contributed by atoms with Crippen molar-refractivity contribution < 1.29 is 13.9 Å². The topological polar surface area (TPSA) is 38.3 Å². The highest BCUT2D eigenvalue weighted by atomic mass is 35.5. The number of halogens is 4. The van der Waals surface area contributed by atoms with E-state index >= 15 is 0 Å². The lowest BCUT2D eigenvalue weighted by Crippen LogP contribution is -2.30. The Labute approximate surface area is 141 Å². The molecule has 1 N–H and O–H groups in total. The zero-order valence-electron chi connectivity index (χ0n) is 11.4. The van der Waals surface area contributed by atoms with Crippen LogP contribution in [-0.4, -0.2) is 12.0 Å². The van der Waals surface area contributed by atoms with Gasteiger partial charge in [0.25, 0.3) is 5.91 Å². The van der Waals surface area contributed by atoms with Crippen LogP contribution in [0.1, 0.15) is 6.92 Å². The van der Waals surface area contributed by atoms with Gasteiger partial charge in [0.1, 0.15) is 11.6 Å². The van der Waals surface area contributed by atoms with Gasteiger partial charge in [0.2, 0.25) is 0 Å². The van der Waals surface area contributed by atoms with Crippen molar-refractivity contribution in [2.75, 3.05) is 5.32 Å². The molecule has 116 valence electrons. The van der Waals surface area contributed by atoms with Gasteiger partial charge in [-0.05, 0) is 37.3 Å². The van der Waals surface area contributed by atoms with E-state index in [-0.39, 0.29) is 10.8 Å². The molecule has 0 fully saturated rings. The van der Waals surface area contributed by atoms with E-state index in [4.69, 9.17) is 39.5 Å². The first-order valence-corrected chi connectivity index (χ1v) is 7.38. The van der Waals surface area contributed by atoms with E-state index in [9.17, 15) is 9.18 Å². The Morgan fingerprint density at radius 3 is 2.50 bits per heavy atom. The monoisotopic (exact) mass is 361 g/mol. The molecule has 0 saturated heterocycles. The molecule has 3 nitrogen and oxygen atoms in total. The van der Waals surface area contributed by atoms with Crippen LogP contribution in [0.4, 0.5) is 10.1 Å². The third-order valence-electron chi connectivity index (χ3n) is 2.76. The van der Waals surface area contributed by atoms with Crippen LogP contribution >= 0.6 is 34.8 Å². The van der Waals surface area contributed by atoms with Crippen molar-refractivity contribution in [2.24, 2.45) is 0 Å². The van der Waals surface area contributed by atoms with Gasteiger partial charge in [-0.15, -0.1) is 0 Å². The van der Waals surface area contributed by atoms with Gasteiger partial charge in [0.15, 0.2) is 6.10 Å². The average Bonchev–Trinajstić information content (AvgIpc) is 2.45. The van der Waals surface area contributed by atoms with Crippen LogP contribution in [0.2, 0.25) is 15.1 Å². The summed E-state index contributed by atoms with van der Waals surface area (Å²) in [4.78, 5) is 12.1. The fourth-order valence-corrected chi connectivity index (χ4v) is 2.26. The first-order chi connectivity index (χ1) is 10.4. The smallest absolute Gasteiger partial charge is 0.265 e. The van der Waals surface area contributed by atoms with Crippen molar-refractivity contribution in [1.29, 1.82) is 0 Å². The van der Waals surface area contributed by atoms with E-state index in [1.54, 1.807) is 19.1 Å². The van der Waals surface area contributed by atoms with Gasteiger partial charge >= 0.3 is 0 Å². The van der Waals surface area contributed by atoms with Crippen molar-refractivity contribution in [3.63, 3.8) is 0 Å². The largest absolute Gasteiger partial charge is 0.481 e. The number of rotatable bonds is 4. The van der Waals surface area contributed by atoms with Gasteiger partial charge < -0.3 is 10.1 Å². The molecule has 2 rings (SSSR count). The summed E-state index contributed by atoms with van der Waals surface area (Å²) in [7, 11) is 0. The van der Waals surface area contributed by atoms with Gasteiger partial charge in [0.05, 0.1) is 15.7 Å². The van der Waals surface area contributed by atoms with Crippen LogP contribution in [0.3, 0.4) is 0 Å². The lowest BCUT2D eigenvalue weighted by molar-refractivity contribution is -0.122.